The van der Waals surface area contributed by atoms with Gasteiger partial charge in [0.25, 0.3) is 0 Å². The average molecular weight is 191 g/mol. The molecule has 1 saturated carbocycles. The van der Waals surface area contributed by atoms with Gasteiger partial charge in [-0.1, -0.05) is 0 Å². The standard InChI is InChI=1S/C11H17N3/c1-8-13-7-10-6-9(2-5-14(8)10)11(12)3-4-11/h7,9H,2-6,12H2,1H3. The zero-order valence-corrected chi connectivity index (χ0v) is 8.66. The summed E-state index contributed by atoms with van der Waals surface area (Å²) in [6.45, 7) is 3.20. The summed E-state index contributed by atoms with van der Waals surface area (Å²) in [5.74, 6) is 1.85. The monoisotopic (exact) mass is 191 g/mol. The van der Waals surface area contributed by atoms with Crippen molar-refractivity contribution in [3.63, 3.8) is 0 Å². The Balaban J connectivity index is 1.87. The quantitative estimate of drug-likeness (QED) is 0.726. The maximum absolute atomic E-state index is 6.26. The first-order valence-electron chi connectivity index (χ1n) is 5.49. The molecule has 2 heterocycles. The van der Waals surface area contributed by atoms with Crippen LogP contribution in [-0.4, -0.2) is 15.1 Å². The summed E-state index contributed by atoms with van der Waals surface area (Å²) in [5.41, 5.74) is 7.82. The molecule has 2 aliphatic rings. The van der Waals surface area contributed by atoms with E-state index in [9.17, 15) is 0 Å². The minimum atomic E-state index is 0.184. The average Bonchev–Trinajstić information content (AvgIpc) is 2.84. The Labute approximate surface area is 84.3 Å². The summed E-state index contributed by atoms with van der Waals surface area (Å²) in [5, 5.41) is 0. The second kappa shape index (κ2) is 2.60. The van der Waals surface area contributed by atoms with Crippen LogP contribution >= 0.6 is 0 Å². The van der Waals surface area contributed by atoms with Gasteiger partial charge in [-0.2, -0.15) is 0 Å². The van der Waals surface area contributed by atoms with Crippen LogP contribution in [0.15, 0.2) is 6.20 Å². The van der Waals surface area contributed by atoms with Crippen molar-refractivity contribution in [2.75, 3.05) is 0 Å². The van der Waals surface area contributed by atoms with Gasteiger partial charge >= 0.3 is 0 Å². The Morgan fingerprint density at radius 2 is 2.36 bits per heavy atom. The number of imidazole rings is 1. The fourth-order valence-electron chi connectivity index (χ4n) is 2.67. The molecule has 0 saturated heterocycles. The van der Waals surface area contributed by atoms with Crippen LogP contribution in [0.2, 0.25) is 0 Å². The fourth-order valence-corrected chi connectivity index (χ4v) is 2.67. The molecule has 0 aromatic carbocycles. The first-order chi connectivity index (χ1) is 6.69. The number of rotatable bonds is 1. The first kappa shape index (κ1) is 8.48. The van der Waals surface area contributed by atoms with Crippen LogP contribution in [0.3, 0.4) is 0 Å². The van der Waals surface area contributed by atoms with Gasteiger partial charge in [-0.25, -0.2) is 4.98 Å². The molecule has 3 nitrogen and oxygen atoms in total. The molecule has 1 aromatic heterocycles. The third-order valence-electron chi connectivity index (χ3n) is 3.93. The van der Waals surface area contributed by atoms with E-state index in [0.29, 0.717) is 5.92 Å². The number of fused-ring (bicyclic) bond motifs is 1. The first-order valence-corrected chi connectivity index (χ1v) is 5.49. The highest BCUT2D eigenvalue weighted by Gasteiger charge is 2.46. The summed E-state index contributed by atoms with van der Waals surface area (Å²) in [7, 11) is 0. The largest absolute Gasteiger partial charge is 0.332 e. The molecule has 1 aliphatic heterocycles. The van der Waals surface area contributed by atoms with Gasteiger partial charge in [-0.3, -0.25) is 0 Å². The number of aromatic nitrogens is 2. The molecule has 3 heteroatoms. The van der Waals surface area contributed by atoms with Crippen LogP contribution in [0.5, 0.6) is 0 Å². The SMILES string of the molecule is Cc1ncc2n1CCC(C1(N)CC1)C2. The van der Waals surface area contributed by atoms with Crippen LogP contribution in [0, 0.1) is 12.8 Å². The zero-order valence-electron chi connectivity index (χ0n) is 8.66. The van der Waals surface area contributed by atoms with Crippen LogP contribution in [-0.2, 0) is 13.0 Å². The van der Waals surface area contributed by atoms with E-state index in [2.05, 4.69) is 16.5 Å². The third kappa shape index (κ3) is 1.12. The lowest BCUT2D eigenvalue weighted by molar-refractivity contribution is 0.314. The number of nitrogens with two attached hydrogens (primary N) is 1. The Bertz CT molecular complexity index is 363. The lowest BCUT2D eigenvalue weighted by atomic mass is 9.87. The van der Waals surface area contributed by atoms with Crippen molar-refractivity contribution in [1.82, 2.24) is 9.55 Å². The van der Waals surface area contributed by atoms with Crippen molar-refractivity contribution < 1.29 is 0 Å². The lowest BCUT2D eigenvalue weighted by Gasteiger charge is -2.29. The van der Waals surface area contributed by atoms with E-state index in [1.54, 1.807) is 0 Å². The van der Waals surface area contributed by atoms with Crippen molar-refractivity contribution in [3.8, 4) is 0 Å². The normalized spacial score (nSPS) is 28.6. The van der Waals surface area contributed by atoms with E-state index in [-0.39, 0.29) is 5.54 Å². The molecule has 0 radical (unpaired) electrons. The smallest absolute Gasteiger partial charge is 0.105 e. The summed E-state index contributed by atoms with van der Waals surface area (Å²) < 4.78 is 2.34. The van der Waals surface area contributed by atoms with Gasteiger partial charge in [0.05, 0.1) is 0 Å². The molecule has 0 spiro atoms. The number of nitrogens with zero attached hydrogens (tertiary/aromatic N) is 2. The maximum atomic E-state index is 6.26. The van der Waals surface area contributed by atoms with E-state index in [1.807, 2.05) is 6.20 Å². The zero-order chi connectivity index (χ0) is 9.76. The molecule has 76 valence electrons. The van der Waals surface area contributed by atoms with Gasteiger partial charge in [-0.05, 0) is 38.5 Å². The van der Waals surface area contributed by atoms with E-state index < -0.39 is 0 Å². The van der Waals surface area contributed by atoms with Crippen molar-refractivity contribution in [2.45, 2.75) is 44.7 Å². The van der Waals surface area contributed by atoms with Crippen molar-refractivity contribution in [3.05, 3.63) is 17.7 Å². The molecule has 1 aliphatic carbocycles. The van der Waals surface area contributed by atoms with Gasteiger partial charge in [0, 0.05) is 24.0 Å². The van der Waals surface area contributed by atoms with Crippen molar-refractivity contribution in [2.24, 2.45) is 11.7 Å². The molecule has 1 fully saturated rings. The number of aryl methyl sites for hydroxylation is 1. The maximum Gasteiger partial charge on any atom is 0.105 e. The highest BCUT2D eigenvalue weighted by atomic mass is 15.1. The van der Waals surface area contributed by atoms with Crippen LogP contribution in [0.4, 0.5) is 0 Å². The second-order valence-electron chi connectivity index (χ2n) is 4.87. The Kier molecular flexibility index (Phi) is 1.57. The number of hydrogen-bond donors (Lipinski definition) is 1. The molecule has 3 rings (SSSR count). The topological polar surface area (TPSA) is 43.8 Å². The van der Waals surface area contributed by atoms with Gasteiger partial charge in [0.2, 0.25) is 0 Å². The lowest BCUT2D eigenvalue weighted by Crippen LogP contribution is -2.37. The van der Waals surface area contributed by atoms with Crippen LogP contribution < -0.4 is 5.73 Å². The van der Waals surface area contributed by atoms with Gasteiger partial charge in [0.1, 0.15) is 5.82 Å². The van der Waals surface area contributed by atoms with Crippen LogP contribution in [0.1, 0.15) is 30.8 Å². The van der Waals surface area contributed by atoms with Gasteiger partial charge in [-0.15, -0.1) is 0 Å². The molecule has 14 heavy (non-hydrogen) atoms. The van der Waals surface area contributed by atoms with Crippen molar-refractivity contribution in [1.29, 1.82) is 0 Å². The second-order valence-corrected chi connectivity index (χ2v) is 4.87. The van der Waals surface area contributed by atoms with Gasteiger partial charge in [0.15, 0.2) is 0 Å². The molecule has 0 bridgehead atoms. The molecule has 1 aromatic rings. The van der Waals surface area contributed by atoms with E-state index in [1.165, 1.54) is 25.0 Å². The molecule has 1 atom stereocenters. The Morgan fingerprint density at radius 1 is 1.57 bits per heavy atom. The molecular weight excluding hydrogens is 174 g/mol. The molecule has 0 amide bonds. The summed E-state index contributed by atoms with van der Waals surface area (Å²) >= 11 is 0. The minimum Gasteiger partial charge on any atom is -0.332 e. The Hall–Kier alpha value is -0.830. The van der Waals surface area contributed by atoms with Crippen LogP contribution in [0.25, 0.3) is 0 Å². The summed E-state index contributed by atoms with van der Waals surface area (Å²) in [6, 6.07) is 0. The predicted octanol–water partition coefficient (Wildman–Crippen LogP) is 1.25. The number of hydrogen-bond acceptors (Lipinski definition) is 2. The van der Waals surface area contributed by atoms with E-state index >= 15 is 0 Å². The summed E-state index contributed by atoms with van der Waals surface area (Å²) in [4.78, 5) is 4.36. The molecule has 2 N–H and O–H groups in total. The fraction of sp³-hybridized carbons (Fsp3) is 0.727. The van der Waals surface area contributed by atoms with Gasteiger partial charge < -0.3 is 10.3 Å². The minimum absolute atomic E-state index is 0.184. The highest BCUT2D eigenvalue weighted by molar-refractivity contribution is 5.14. The van der Waals surface area contributed by atoms with Crippen molar-refractivity contribution >= 4 is 0 Å². The predicted molar refractivity (Wildman–Crippen MR) is 54.9 cm³/mol. The van der Waals surface area contributed by atoms with E-state index in [4.69, 9.17) is 5.73 Å². The summed E-state index contributed by atoms with van der Waals surface area (Å²) in [6.07, 6.45) is 6.85. The Morgan fingerprint density at radius 3 is 3.07 bits per heavy atom. The van der Waals surface area contributed by atoms with E-state index in [0.717, 1.165) is 18.8 Å². The molecular formula is C11H17N3. The highest BCUT2D eigenvalue weighted by Crippen LogP contribution is 2.44. The third-order valence-corrected chi connectivity index (χ3v) is 3.93. The molecule has 1 unspecified atom stereocenters.